The van der Waals surface area contributed by atoms with Gasteiger partial charge in [-0.3, -0.25) is 15.0 Å². The van der Waals surface area contributed by atoms with E-state index in [9.17, 15) is 9.59 Å². The summed E-state index contributed by atoms with van der Waals surface area (Å²) in [4.78, 5) is 27.4. The van der Waals surface area contributed by atoms with Gasteiger partial charge in [0.2, 0.25) is 5.28 Å². The molecule has 0 atom stereocenters. The van der Waals surface area contributed by atoms with Gasteiger partial charge in [0.25, 0.3) is 11.8 Å². The first-order valence-corrected chi connectivity index (χ1v) is 5.78. The van der Waals surface area contributed by atoms with Crippen molar-refractivity contribution in [3.8, 4) is 0 Å². The first-order chi connectivity index (χ1) is 9.06. The van der Waals surface area contributed by atoms with Crippen LogP contribution in [-0.2, 0) is 9.59 Å². The highest BCUT2D eigenvalue weighted by molar-refractivity contribution is 6.28. The van der Waals surface area contributed by atoms with Crippen LogP contribution in [0.15, 0.2) is 30.0 Å². The number of carbonyl (C=O) groups excluding carboxylic acids is 2. The number of imide groups is 1. The fraction of sp³-hybridized carbons (Fsp3) is 0.0909. The van der Waals surface area contributed by atoms with E-state index in [0.29, 0.717) is 11.1 Å². The number of rotatable bonds is 2. The number of nitrogens with one attached hydrogen (secondary N) is 1. The quantitative estimate of drug-likeness (QED) is 0.829. The Morgan fingerprint density at radius 3 is 2.84 bits per heavy atom. The van der Waals surface area contributed by atoms with Crippen molar-refractivity contribution in [2.24, 2.45) is 0 Å². The molecule has 0 fully saturated rings. The fourth-order valence-electron chi connectivity index (χ4n) is 1.79. The summed E-state index contributed by atoms with van der Waals surface area (Å²) in [6.07, 6.45) is 2.94. The van der Waals surface area contributed by atoms with E-state index in [2.05, 4.69) is 15.5 Å². The van der Waals surface area contributed by atoms with Crippen molar-refractivity contribution in [2.75, 3.05) is 5.43 Å². The molecule has 96 valence electrons. The largest absolute Gasteiger partial charge is 0.275 e. The van der Waals surface area contributed by atoms with Crippen molar-refractivity contribution in [1.82, 2.24) is 19.6 Å². The third-order valence-corrected chi connectivity index (χ3v) is 2.84. The van der Waals surface area contributed by atoms with Crippen molar-refractivity contribution in [3.05, 3.63) is 35.3 Å². The van der Waals surface area contributed by atoms with Crippen LogP contribution in [0.3, 0.4) is 0 Å². The highest BCUT2D eigenvalue weighted by atomic mass is 35.5. The van der Waals surface area contributed by atoms with Gasteiger partial charge >= 0.3 is 0 Å². The van der Waals surface area contributed by atoms with Crippen molar-refractivity contribution >= 4 is 34.7 Å². The van der Waals surface area contributed by atoms with Crippen LogP contribution in [0.4, 0.5) is 5.82 Å². The van der Waals surface area contributed by atoms with Crippen LogP contribution in [0.2, 0.25) is 5.28 Å². The molecule has 2 aromatic heterocycles. The fourth-order valence-corrected chi connectivity index (χ4v) is 1.96. The molecule has 0 saturated heterocycles. The molecule has 3 heterocycles. The highest BCUT2D eigenvalue weighted by Crippen LogP contribution is 2.19. The summed E-state index contributed by atoms with van der Waals surface area (Å²) in [5.41, 5.74) is 3.64. The summed E-state index contributed by atoms with van der Waals surface area (Å²) >= 11 is 5.78. The number of amides is 2. The molecule has 1 N–H and O–H groups in total. The molecule has 8 heteroatoms. The Morgan fingerprint density at radius 2 is 2.16 bits per heavy atom. The number of aromatic nitrogens is 3. The van der Waals surface area contributed by atoms with E-state index in [1.165, 1.54) is 10.6 Å². The lowest BCUT2D eigenvalue weighted by Gasteiger charge is -2.16. The van der Waals surface area contributed by atoms with Gasteiger partial charge in [0.15, 0.2) is 5.82 Å². The first kappa shape index (κ1) is 11.7. The lowest BCUT2D eigenvalue weighted by Crippen LogP contribution is -2.36. The average Bonchev–Trinajstić information content (AvgIpc) is 2.90. The Bertz CT molecular complexity index is 736. The van der Waals surface area contributed by atoms with Crippen LogP contribution in [0.1, 0.15) is 6.92 Å². The molecule has 0 unspecified atom stereocenters. The summed E-state index contributed by atoms with van der Waals surface area (Å²) in [6, 6.07) is 3.49. The van der Waals surface area contributed by atoms with E-state index in [-0.39, 0.29) is 11.1 Å². The molecule has 2 aromatic rings. The van der Waals surface area contributed by atoms with Gasteiger partial charge in [-0.05, 0) is 30.7 Å². The Labute approximate surface area is 112 Å². The minimum Gasteiger partial charge on any atom is -0.270 e. The molecule has 0 aliphatic carbocycles. The molecular weight excluding hydrogens is 270 g/mol. The van der Waals surface area contributed by atoms with E-state index >= 15 is 0 Å². The van der Waals surface area contributed by atoms with Gasteiger partial charge in [0.05, 0.1) is 0 Å². The topological polar surface area (TPSA) is 79.6 Å². The Hall–Kier alpha value is -2.41. The molecule has 1 aliphatic rings. The van der Waals surface area contributed by atoms with Crippen LogP contribution in [-0.4, -0.2) is 31.4 Å². The summed E-state index contributed by atoms with van der Waals surface area (Å²) in [5.74, 6) is -0.568. The normalized spacial score (nSPS) is 15.3. The second-order valence-corrected chi connectivity index (χ2v) is 4.32. The molecule has 19 heavy (non-hydrogen) atoms. The van der Waals surface area contributed by atoms with Crippen LogP contribution in [0.5, 0.6) is 0 Å². The minimum absolute atomic E-state index is 0.00924. The molecule has 0 bridgehead atoms. The number of hydrogen-bond donors (Lipinski definition) is 1. The maximum Gasteiger partial charge on any atom is 0.275 e. The standard InChI is InChI=1S/C11H8ClN5O2/c1-6-5-8(18)17(10(6)19)14-9-7-3-2-4-16(7)15-11(12)13-9/h2-5H,1H3,(H,13,14,15). The van der Waals surface area contributed by atoms with Gasteiger partial charge in [-0.1, -0.05) is 0 Å². The van der Waals surface area contributed by atoms with Gasteiger partial charge in [-0.25, -0.2) is 4.52 Å². The molecule has 0 spiro atoms. The predicted octanol–water partition coefficient (Wildman–Crippen LogP) is 1.02. The summed E-state index contributed by atoms with van der Waals surface area (Å²) in [6.45, 7) is 1.57. The van der Waals surface area contributed by atoms with Gasteiger partial charge < -0.3 is 0 Å². The zero-order chi connectivity index (χ0) is 13.6. The minimum atomic E-state index is -0.443. The predicted molar refractivity (Wildman–Crippen MR) is 67.2 cm³/mol. The zero-order valence-corrected chi connectivity index (χ0v) is 10.5. The van der Waals surface area contributed by atoms with Crippen LogP contribution >= 0.6 is 11.6 Å². The van der Waals surface area contributed by atoms with E-state index in [1.54, 1.807) is 25.3 Å². The summed E-state index contributed by atoms with van der Waals surface area (Å²) in [7, 11) is 0. The maximum atomic E-state index is 11.8. The SMILES string of the molecule is CC1=CC(=O)N(Nc2nc(Cl)nn3cccc23)C1=O. The second-order valence-electron chi connectivity index (χ2n) is 3.99. The zero-order valence-electron chi connectivity index (χ0n) is 9.79. The monoisotopic (exact) mass is 277 g/mol. The molecular formula is C11H8ClN5O2. The number of hydrogen-bond acceptors (Lipinski definition) is 5. The molecule has 3 rings (SSSR count). The molecule has 2 amide bonds. The van der Waals surface area contributed by atoms with E-state index in [0.717, 1.165) is 5.01 Å². The second kappa shape index (κ2) is 4.06. The third kappa shape index (κ3) is 1.84. The van der Waals surface area contributed by atoms with Crippen LogP contribution < -0.4 is 5.43 Å². The number of halogens is 1. The molecule has 0 aromatic carbocycles. The smallest absolute Gasteiger partial charge is 0.270 e. The number of nitrogens with zero attached hydrogens (tertiary/aromatic N) is 4. The molecule has 0 saturated carbocycles. The Morgan fingerprint density at radius 1 is 1.37 bits per heavy atom. The number of hydrazine groups is 1. The van der Waals surface area contributed by atoms with Crippen LogP contribution in [0, 0.1) is 0 Å². The van der Waals surface area contributed by atoms with Crippen molar-refractivity contribution in [3.63, 3.8) is 0 Å². The maximum absolute atomic E-state index is 11.8. The van der Waals surface area contributed by atoms with Crippen LogP contribution in [0.25, 0.3) is 5.52 Å². The van der Waals surface area contributed by atoms with Crippen molar-refractivity contribution < 1.29 is 9.59 Å². The Balaban J connectivity index is 2.00. The highest BCUT2D eigenvalue weighted by Gasteiger charge is 2.29. The summed E-state index contributed by atoms with van der Waals surface area (Å²) in [5, 5.41) is 4.85. The number of carbonyl (C=O) groups is 2. The van der Waals surface area contributed by atoms with Gasteiger partial charge in [-0.2, -0.15) is 9.99 Å². The number of anilines is 1. The molecule has 7 nitrogen and oxygen atoms in total. The summed E-state index contributed by atoms with van der Waals surface area (Å²) < 4.78 is 1.50. The molecule has 1 aliphatic heterocycles. The van der Waals surface area contributed by atoms with E-state index in [1.807, 2.05) is 0 Å². The van der Waals surface area contributed by atoms with E-state index < -0.39 is 11.8 Å². The lowest BCUT2D eigenvalue weighted by atomic mass is 10.3. The average molecular weight is 278 g/mol. The Kier molecular flexibility index (Phi) is 2.49. The molecule has 0 radical (unpaired) electrons. The first-order valence-electron chi connectivity index (χ1n) is 5.40. The lowest BCUT2D eigenvalue weighted by molar-refractivity contribution is -0.135. The third-order valence-electron chi connectivity index (χ3n) is 2.68. The number of fused-ring (bicyclic) bond motifs is 1. The van der Waals surface area contributed by atoms with Gasteiger partial charge in [0.1, 0.15) is 5.52 Å². The van der Waals surface area contributed by atoms with E-state index in [4.69, 9.17) is 11.6 Å². The van der Waals surface area contributed by atoms with Crippen molar-refractivity contribution in [2.45, 2.75) is 6.92 Å². The van der Waals surface area contributed by atoms with Gasteiger partial charge in [-0.15, -0.1) is 5.10 Å². The van der Waals surface area contributed by atoms with Crippen molar-refractivity contribution in [1.29, 1.82) is 0 Å². The van der Waals surface area contributed by atoms with Gasteiger partial charge in [0, 0.05) is 17.8 Å².